The molecule has 2 N–H and O–H groups in total. The normalized spacial score (nSPS) is 10.8. The highest BCUT2D eigenvalue weighted by molar-refractivity contribution is 9.10. The first-order valence-electron chi connectivity index (χ1n) is 8.12. The third-order valence-corrected chi connectivity index (χ3v) is 4.51. The molecule has 0 fully saturated rings. The Morgan fingerprint density at radius 1 is 1.44 bits per heavy atom. The molecule has 0 saturated heterocycles. The van der Waals surface area contributed by atoms with Crippen molar-refractivity contribution in [3.05, 3.63) is 64.7 Å². The summed E-state index contributed by atoms with van der Waals surface area (Å²) in [6.45, 7) is 5.54. The van der Waals surface area contributed by atoms with Gasteiger partial charge < -0.3 is 9.88 Å². The van der Waals surface area contributed by atoms with Crippen LogP contribution in [0.1, 0.15) is 15.9 Å². The van der Waals surface area contributed by atoms with Crippen molar-refractivity contribution < 1.29 is 14.0 Å². The summed E-state index contributed by atoms with van der Waals surface area (Å²) in [5.41, 5.74) is 4.68. The Kier molecular flexibility index (Phi) is 5.57. The van der Waals surface area contributed by atoms with Crippen molar-refractivity contribution in [1.29, 1.82) is 0 Å². The number of rotatable bonds is 6. The maximum Gasteiger partial charge on any atom is 0.277 e. The number of nitrogens with zero attached hydrogens (tertiary/aromatic N) is 2. The predicted octanol–water partition coefficient (Wildman–Crippen LogP) is 4.37. The molecule has 0 aliphatic rings. The van der Waals surface area contributed by atoms with Gasteiger partial charge in [0.05, 0.1) is 29.7 Å². The first-order valence-corrected chi connectivity index (χ1v) is 8.91. The van der Waals surface area contributed by atoms with Crippen LogP contribution in [0.15, 0.2) is 47.7 Å². The summed E-state index contributed by atoms with van der Waals surface area (Å²) in [6.07, 6.45) is 2.99. The van der Waals surface area contributed by atoms with Crippen molar-refractivity contribution in [3.8, 4) is 0 Å². The lowest BCUT2D eigenvalue weighted by molar-refractivity contribution is 0.0422. The van der Waals surface area contributed by atoms with Crippen molar-refractivity contribution in [2.45, 2.75) is 6.92 Å². The quantitative estimate of drug-likeness (QED) is 0.344. The molecule has 1 heterocycles. The molecule has 140 valence electrons. The lowest BCUT2D eigenvalue weighted by Crippen LogP contribution is -2.25. The SMILES string of the molecule is C=CCONC(=O)c1cc2c(ncn2C)c(F)c1Nc1ccc(Br)cc1C. The maximum atomic E-state index is 15.2. The Hall–Kier alpha value is -2.71. The van der Waals surface area contributed by atoms with Gasteiger partial charge in [-0.05, 0) is 36.8 Å². The Balaban J connectivity index is 2.10. The lowest BCUT2D eigenvalue weighted by Gasteiger charge is -2.15. The number of nitrogens with one attached hydrogen (secondary N) is 2. The van der Waals surface area contributed by atoms with E-state index in [0.717, 1.165) is 10.0 Å². The van der Waals surface area contributed by atoms with Crippen LogP contribution in [0.25, 0.3) is 11.0 Å². The summed E-state index contributed by atoms with van der Waals surface area (Å²) in [7, 11) is 1.73. The largest absolute Gasteiger partial charge is 0.352 e. The monoisotopic (exact) mass is 432 g/mol. The molecule has 3 rings (SSSR count). The van der Waals surface area contributed by atoms with Gasteiger partial charge in [0.2, 0.25) is 0 Å². The minimum absolute atomic E-state index is 0.0336. The lowest BCUT2D eigenvalue weighted by atomic mass is 10.1. The van der Waals surface area contributed by atoms with Crippen molar-refractivity contribution in [2.75, 3.05) is 11.9 Å². The van der Waals surface area contributed by atoms with E-state index in [1.165, 1.54) is 12.4 Å². The van der Waals surface area contributed by atoms with Crippen LogP contribution in [0.4, 0.5) is 15.8 Å². The van der Waals surface area contributed by atoms with Gasteiger partial charge in [0.15, 0.2) is 5.82 Å². The van der Waals surface area contributed by atoms with Crippen molar-refractivity contribution in [1.82, 2.24) is 15.0 Å². The molecule has 2 aromatic carbocycles. The van der Waals surface area contributed by atoms with Crippen LogP contribution >= 0.6 is 15.9 Å². The number of carbonyl (C=O) groups excluding carboxylic acids is 1. The summed E-state index contributed by atoms with van der Waals surface area (Å²) in [4.78, 5) is 21.7. The third-order valence-electron chi connectivity index (χ3n) is 4.02. The number of carbonyl (C=O) groups is 1. The van der Waals surface area contributed by atoms with Crippen molar-refractivity contribution >= 4 is 44.2 Å². The number of fused-ring (bicyclic) bond motifs is 1. The number of aryl methyl sites for hydroxylation is 2. The fourth-order valence-electron chi connectivity index (χ4n) is 2.65. The molecular formula is C19H18BrFN4O2. The molecule has 1 amide bonds. The number of imidazole rings is 1. The molecule has 0 radical (unpaired) electrons. The number of hydrogen-bond donors (Lipinski definition) is 2. The van der Waals surface area contributed by atoms with Gasteiger partial charge in [0.25, 0.3) is 5.91 Å². The van der Waals surface area contributed by atoms with Crippen LogP contribution in [0.3, 0.4) is 0 Å². The van der Waals surface area contributed by atoms with E-state index in [-0.39, 0.29) is 23.4 Å². The summed E-state index contributed by atoms with van der Waals surface area (Å²) >= 11 is 3.40. The first-order chi connectivity index (χ1) is 12.9. The van der Waals surface area contributed by atoms with Crippen LogP contribution in [-0.4, -0.2) is 22.1 Å². The van der Waals surface area contributed by atoms with Gasteiger partial charge in [0.1, 0.15) is 5.52 Å². The molecule has 8 heteroatoms. The van der Waals surface area contributed by atoms with E-state index in [1.54, 1.807) is 23.7 Å². The second kappa shape index (κ2) is 7.89. The zero-order valence-corrected chi connectivity index (χ0v) is 16.4. The summed E-state index contributed by atoms with van der Waals surface area (Å²) in [5, 5.41) is 3.03. The topological polar surface area (TPSA) is 68.2 Å². The van der Waals surface area contributed by atoms with Crippen molar-refractivity contribution in [2.24, 2.45) is 7.05 Å². The number of anilines is 2. The molecule has 0 spiro atoms. The molecule has 0 saturated carbocycles. The van der Waals surface area contributed by atoms with E-state index >= 15 is 4.39 Å². The van der Waals surface area contributed by atoms with Crippen molar-refractivity contribution in [3.63, 3.8) is 0 Å². The number of hydroxylamine groups is 1. The molecule has 0 atom stereocenters. The highest BCUT2D eigenvalue weighted by Crippen LogP contribution is 2.32. The molecule has 0 bridgehead atoms. The number of hydrogen-bond acceptors (Lipinski definition) is 4. The Morgan fingerprint density at radius 3 is 2.93 bits per heavy atom. The zero-order valence-electron chi connectivity index (χ0n) is 14.8. The third kappa shape index (κ3) is 3.86. The van der Waals surface area contributed by atoms with E-state index in [0.29, 0.717) is 11.2 Å². The molecule has 3 aromatic rings. The molecule has 0 aliphatic heterocycles. The minimum atomic E-state index is -0.607. The highest BCUT2D eigenvalue weighted by atomic mass is 79.9. The number of aromatic nitrogens is 2. The number of benzene rings is 2. The van der Waals surface area contributed by atoms with Crippen LogP contribution in [0.2, 0.25) is 0 Å². The Morgan fingerprint density at radius 2 is 2.22 bits per heavy atom. The Labute approximate surface area is 164 Å². The average molecular weight is 433 g/mol. The first kappa shape index (κ1) is 19.1. The van der Waals surface area contributed by atoms with Gasteiger partial charge in [-0.25, -0.2) is 14.9 Å². The van der Waals surface area contributed by atoms with E-state index in [9.17, 15) is 4.79 Å². The van der Waals surface area contributed by atoms with Gasteiger partial charge in [0, 0.05) is 17.2 Å². The number of halogens is 2. The fraction of sp³-hybridized carbons (Fsp3) is 0.158. The molecule has 1 aromatic heterocycles. The van der Waals surface area contributed by atoms with Crippen LogP contribution in [0.5, 0.6) is 0 Å². The smallest absolute Gasteiger partial charge is 0.277 e. The van der Waals surface area contributed by atoms with E-state index in [4.69, 9.17) is 4.84 Å². The fourth-order valence-corrected chi connectivity index (χ4v) is 3.12. The molecule has 0 unspecified atom stereocenters. The van der Waals surface area contributed by atoms with Gasteiger partial charge >= 0.3 is 0 Å². The predicted molar refractivity (Wildman–Crippen MR) is 106 cm³/mol. The highest BCUT2D eigenvalue weighted by Gasteiger charge is 2.22. The standard InChI is InChI=1S/C19H18BrFN4O2/c1-4-7-27-24-19(26)13-9-15-18(22-10-25(15)3)16(21)17(13)23-14-6-5-12(20)8-11(14)2/h4-6,8-10,23H,1,7H2,2-3H3,(H,24,26). The van der Waals surface area contributed by atoms with Crippen LogP contribution in [0, 0.1) is 12.7 Å². The molecule has 0 aliphatic carbocycles. The zero-order chi connectivity index (χ0) is 19.6. The van der Waals surface area contributed by atoms with Gasteiger partial charge in [-0.1, -0.05) is 22.0 Å². The summed E-state index contributed by atoms with van der Waals surface area (Å²) in [5.74, 6) is -1.18. The molecule has 27 heavy (non-hydrogen) atoms. The second-order valence-electron chi connectivity index (χ2n) is 5.95. The van der Waals surface area contributed by atoms with E-state index < -0.39 is 11.7 Å². The summed E-state index contributed by atoms with van der Waals surface area (Å²) in [6, 6.07) is 7.11. The summed E-state index contributed by atoms with van der Waals surface area (Å²) < 4.78 is 17.8. The van der Waals surface area contributed by atoms with E-state index in [2.05, 4.69) is 38.3 Å². The van der Waals surface area contributed by atoms with Gasteiger partial charge in [-0.15, -0.1) is 6.58 Å². The maximum absolute atomic E-state index is 15.2. The van der Waals surface area contributed by atoms with Gasteiger partial charge in [-0.3, -0.25) is 9.63 Å². The number of amides is 1. The minimum Gasteiger partial charge on any atom is -0.352 e. The van der Waals surface area contributed by atoms with Crippen LogP contribution in [-0.2, 0) is 11.9 Å². The average Bonchev–Trinajstić information content (AvgIpc) is 3.00. The molecule has 6 nitrogen and oxygen atoms in total. The van der Waals surface area contributed by atoms with E-state index in [1.807, 2.05) is 19.1 Å². The second-order valence-corrected chi connectivity index (χ2v) is 6.87. The Bertz CT molecular complexity index is 1030. The molecular weight excluding hydrogens is 415 g/mol. The van der Waals surface area contributed by atoms with Gasteiger partial charge in [-0.2, -0.15) is 0 Å². The van der Waals surface area contributed by atoms with Crippen LogP contribution < -0.4 is 10.8 Å².